The molecule has 2 heterocycles. The average molecular weight is 356 g/mol. The highest BCUT2D eigenvalue weighted by Crippen LogP contribution is 2.26. The zero-order chi connectivity index (χ0) is 18.0. The largest absolute Gasteiger partial charge is 0.497 e. The maximum absolute atomic E-state index is 12.5. The summed E-state index contributed by atoms with van der Waals surface area (Å²) >= 11 is 1.44. The summed E-state index contributed by atoms with van der Waals surface area (Å²) in [4.78, 5) is 16.9. The van der Waals surface area contributed by atoms with Gasteiger partial charge in [-0.1, -0.05) is 0 Å². The van der Waals surface area contributed by atoms with Gasteiger partial charge in [0.15, 0.2) is 0 Å². The Morgan fingerprint density at radius 3 is 2.60 bits per heavy atom. The normalized spacial score (nSPS) is 12.0. The molecule has 25 heavy (non-hydrogen) atoms. The summed E-state index contributed by atoms with van der Waals surface area (Å²) in [6, 6.07) is 9.42. The van der Waals surface area contributed by atoms with Gasteiger partial charge in [0.05, 0.1) is 13.2 Å². The summed E-state index contributed by atoms with van der Waals surface area (Å²) in [5.41, 5.74) is 2.36. The number of amides is 1. The number of hydrogen-bond acceptors (Lipinski definition) is 5. The molecule has 1 unspecified atom stereocenters. The molecule has 0 aliphatic heterocycles. The highest BCUT2D eigenvalue weighted by molar-refractivity contribution is 7.13. The highest BCUT2D eigenvalue weighted by Gasteiger charge is 2.18. The second-order valence-electron chi connectivity index (χ2n) is 5.83. The van der Waals surface area contributed by atoms with Gasteiger partial charge in [-0.25, -0.2) is 4.98 Å². The van der Waals surface area contributed by atoms with E-state index in [2.05, 4.69) is 10.3 Å². The fourth-order valence-corrected chi connectivity index (χ4v) is 3.48. The van der Waals surface area contributed by atoms with Gasteiger partial charge < -0.3 is 14.5 Å². The Morgan fingerprint density at radius 2 is 2.00 bits per heavy atom. The second-order valence-corrected chi connectivity index (χ2v) is 6.69. The number of methoxy groups -OCH3 is 1. The first kappa shape index (κ1) is 17.2. The topological polar surface area (TPSA) is 64.4 Å². The van der Waals surface area contributed by atoms with Crippen molar-refractivity contribution in [2.24, 2.45) is 0 Å². The highest BCUT2D eigenvalue weighted by atomic mass is 32.1. The van der Waals surface area contributed by atoms with Crippen molar-refractivity contribution in [3.63, 3.8) is 0 Å². The number of thiazole rings is 1. The maximum atomic E-state index is 12.5. The Bertz CT molecular complexity index is 880. The van der Waals surface area contributed by atoms with Gasteiger partial charge in [-0.15, -0.1) is 11.3 Å². The average Bonchev–Trinajstić information content (AvgIpc) is 3.21. The number of nitrogens with one attached hydrogen (secondary N) is 1. The Kier molecular flexibility index (Phi) is 4.90. The van der Waals surface area contributed by atoms with Crippen LogP contribution in [0, 0.1) is 13.8 Å². The van der Waals surface area contributed by atoms with E-state index in [1.54, 1.807) is 12.5 Å². The van der Waals surface area contributed by atoms with Gasteiger partial charge in [-0.3, -0.25) is 4.79 Å². The summed E-state index contributed by atoms with van der Waals surface area (Å²) in [5.74, 6) is 2.26. The fraction of sp³-hybridized carbons (Fsp3) is 0.263. The zero-order valence-corrected chi connectivity index (χ0v) is 15.4. The first-order valence-electron chi connectivity index (χ1n) is 7.95. The zero-order valence-electron chi connectivity index (χ0n) is 14.6. The van der Waals surface area contributed by atoms with Crippen molar-refractivity contribution >= 4 is 17.2 Å². The molecule has 5 nitrogen and oxygen atoms in total. The third-order valence-corrected chi connectivity index (χ3v) is 4.86. The van der Waals surface area contributed by atoms with E-state index in [4.69, 9.17) is 9.15 Å². The third-order valence-electron chi connectivity index (χ3n) is 3.97. The smallest absolute Gasteiger partial charge is 0.271 e. The summed E-state index contributed by atoms with van der Waals surface area (Å²) < 4.78 is 10.7. The third kappa shape index (κ3) is 3.74. The lowest BCUT2D eigenvalue weighted by atomic mass is 10.1. The van der Waals surface area contributed by atoms with Crippen LogP contribution in [-0.4, -0.2) is 18.0 Å². The fourth-order valence-electron chi connectivity index (χ4n) is 2.67. The molecule has 0 saturated carbocycles. The van der Waals surface area contributed by atoms with Gasteiger partial charge in [-0.05, 0) is 51.1 Å². The van der Waals surface area contributed by atoms with Crippen LogP contribution in [0.4, 0.5) is 0 Å². The Balaban J connectivity index is 1.72. The number of benzene rings is 1. The van der Waals surface area contributed by atoms with Crippen LogP contribution in [0.1, 0.15) is 40.5 Å². The predicted molar refractivity (Wildman–Crippen MR) is 98.2 cm³/mol. The van der Waals surface area contributed by atoms with Gasteiger partial charge in [0.25, 0.3) is 5.91 Å². The number of rotatable bonds is 5. The van der Waals surface area contributed by atoms with E-state index < -0.39 is 0 Å². The van der Waals surface area contributed by atoms with E-state index >= 15 is 0 Å². The van der Waals surface area contributed by atoms with Crippen molar-refractivity contribution in [3.8, 4) is 16.3 Å². The van der Waals surface area contributed by atoms with E-state index in [1.807, 2.05) is 51.1 Å². The number of hydrogen-bond donors (Lipinski definition) is 1. The van der Waals surface area contributed by atoms with Crippen LogP contribution in [0.2, 0.25) is 0 Å². The number of furan rings is 1. The molecule has 0 aliphatic carbocycles. The molecule has 6 heteroatoms. The molecule has 0 bridgehead atoms. The predicted octanol–water partition coefficient (Wildman–Crippen LogP) is 4.52. The van der Waals surface area contributed by atoms with Crippen LogP contribution in [-0.2, 0) is 0 Å². The molecule has 3 aromatic rings. The van der Waals surface area contributed by atoms with Gasteiger partial charge in [-0.2, -0.15) is 0 Å². The number of carbonyl (C=O) groups excluding carboxylic acids is 1. The minimum Gasteiger partial charge on any atom is -0.497 e. The van der Waals surface area contributed by atoms with E-state index in [9.17, 15) is 4.79 Å². The van der Waals surface area contributed by atoms with Gasteiger partial charge in [0, 0.05) is 16.5 Å². The van der Waals surface area contributed by atoms with Gasteiger partial charge in [0.2, 0.25) is 0 Å². The van der Waals surface area contributed by atoms with Crippen molar-refractivity contribution in [1.82, 2.24) is 10.3 Å². The molecule has 0 radical (unpaired) electrons. The first-order valence-corrected chi connectivity index (χ1v) is 8.83. The van der Waals surface area contributed by atoms with Crippen LogP contribution in [0.25, 0.3) is 10.6 Å². The van der Waals surface area contributed by atoms with Crippen molar-refractivity contribution in [1.29, 1.82) is 0 Å². The molecule has 1 atom stereocenters. The van der Waals surface area contributed by atoms with E-state index in [0.29, 0.717) is 5.69 Å². The molecule has 0 saturated heterocycles. The van der Waals surface area contributed by atoms with Crippen molar-refractivity contribution in [2.75, 3.05) is 7.11 Å². The number of aryl methyl sites for hydroxylation is 2. The Labute approximate surface area is 150 Å². The number of aromatic nitrogens is 1. The second kappa shape index (κ2) is 7.11. The molecule has 0 fully saturated rings. The monoisotopic (exact) mass is 356 g/mol. The summed E-state index contributed by atoms with van der Waals surface area (Å²) in [7, 11) is 1.63. The molecular formula is C19H20N2O3S. The molecule has 130 valence electrons. The van der Waals surface area contributed by atoms with Gasteiger partial charge in [0.1, 0.15) is 28.0 Å². The van der Waals surface area contributed by atoms with Crippen LogP contribution in [0.5, 0.6) is 5.75 Å². The molecule has 1 amide bonds. The minimum atomic E-state index is -0.193. The minimum absolute atomic E-state index is 0.143. The van der Waals surface area contributed by atoms with Gasteiger partial charge >= 0.3 is 0 Å². The van der Waals surface area contributed by atoms with Crippen LogP contribution < -0.4 is 10.1 Å². The SMILES string of the molecule is COc1ccc(-c2nc(C(=O)NC(C)c3cc(C)oc3C)cs2)cc1. The summed E-state index contributed by atoms with van der Waals surface area (Å²) in [6.45, 7) is 5.73. The number of nitrogens with zero attached hydrogens (tertiary/aromatic N) is 1. The molecule has 0 aliphatic rings. The standard InChI is InChI=1S/C19H20N2O3S/c1-11-9-16(13(3)24-11)12(2)20-18(22)17-10-25-19(21-17)14-5-7-15(23-4)8-6-14/h5-10,12H,1-4H3,(H,20,22). The maximum Gasteiger partial charge on any atom is 0.271 e. The van der Waals surface area contributed by atoms with E-state index in [1.165, 1.54) is 11.3 Å². The summed E-state index contributed by atoms with van der Waals surface area (Å²) in [5, 5.41) is 5.55. The van der Waals surface area contributed by atoms with Crippen molar-refractivity contribution in [2.45, 2.75) is 26.8 Å². The van der Waals surface area contributed by atoms with Crippen molar-refractivity contribution < 1.29 is 13.9 Å². The van der Waals surface area contributed by atoms with E-state index in [-0.39, 0.29) is 11.9 Å². The Hall–Kier alpha value is -2.60. The Morgan fingerprint density at radius 1 is 1.28 bits per heavy atom. The molecule has 1 N–H and O–H groups in total. The van der Waals surface area contributed by atoms with Crippen molar-refractivity contribution in [3.05, 3.63) is 58.5 Å². The lowest BCUT2D eigenvalue weighted by molar-refractivity contribution is 0.0935. The lowest BCUT2D eigenvalue weighted by Gasteiger charge is -2.12. The van der Waals surface area contributed by atoms with Crippen LogP contribution >= 0.6 is 11.3 Å². The first-order chi connectivity index (χ1) is 12.0. The van der Waals surface area contributed by atoms with Crippen LogP contribution in [0.3, 0.4) is 0 Å². The molecular weight excluding hydrogens is 336 g/mol. The van der Waals surface area contributed by atoms with Crippen LogP contribution in [0.15, 0.2) is 40.1 Å². The molecule has 1 aromatic carbocycles. The molecule has 3 rings (SSSR count). The van der Waals surface area contributed by atoms with E-state index in [0.717, 1.165) is 33.4 Å². The molecule has 0 spiro atoms. The number of carbonyl (C=O) groups is 1. The number of ether oxygens (including phenoxy) is 1. The lowest BCUT2D eigenvalue weighted by Crippen LogP contribution is -2.27. The summed E-state index contributed by atoms with van der Waals surface area (Å²) in [6.07, 6.45) is 0. The molecule has 2 aromatic heterocycles. The quantitative estimate of drug-likeness (QED) is 0.730.